The first-order valence-corrected chi connectivity index (χ1v) is 4.49. The molecule has 1 unspecified atom stereocenters. The average Bonchev–Trinajstić information content (AvgIpc) is 2.16. The average molecular weight is 237 g/mol. The van der Waals surface area contributed by atoms with Crippen molar-refractivity contribution in [2.75, 3.05) is 7.11 Å². The van der Waals surface area contributed by atoms with Crippen molar-refractivity contribution in [3.63, 3.8) is 0 Å². The Bertz CT molecular complexity index is 364. The van der Waals surface area contributed by atoms with Gasteiger partial charge in [-0.3, -0.25) is 0 Å². The van der Waals surface area contributed by atoms with Crippen LogP contribution in [-0.4, -0.2) is 19.3 Å². The van der Waals surface area contributed by atoms with E-state index in [1.165, 1.54) is 19.2 Å². The third-order valence-corrected chi connectivity index (χ3v) is 2.09. The minimum atomic E-state index is -4.48. The second-order valence-electron chi connectivity index (χ2n) is 3.32. The summed E-state index contributed by atoms with van der Waals surface area (Å²) in [5.41, 5.74) is 5.11. The van der Waals surface area contributed by atoms with Gasteiger partial charge in [-0.2, -0.15) is 13.2 Å². The first kappa shape index (κ1) is 12.8. The fourth-order valence-corrected chi connectivity index (χ4v) is 1.21. The van der Waals surface area contributed by atoms with Crippen molar-refractivity contribution >= 4 is 0 Å². The second kappa shape index (κ2) is 4.69. The van der Waals surface area contributed by atoms with E-state index in [-0.39, 0.29) is 11.3 Å². The van der Waals surface area contributed by atoms with Crippen LogP contribution in [0.4, 0.5) is 17.6 Å². The molecule has 1 aromatic carbocycles. The van der Waals surface area contributed by atoms with E-state index in [1.54, 1.807) is 0 Å². The Morgan fingerprint density at radius 2 is 2.00 bits per heavy atom. The van der Waals surface area contributed by atoms with Crippen molar-refractivity contribution in [3.05, 3.63) is 29.6 Å². The Kier molecular flexibility index (Phi) is 3.74. The number of ether oxygens (including phenoxy) is 1. The lowest BCUT2D eigenvalue weighted by Gasteiger charge is -2.15. The van der Waals surface area contributed by atoms with Crippen molar-refractivity contribution in [2.45, 2.75) is 18.6 Å². The van der Waals surface area contributed by atoms with E-state index >= 15 is 0 Å². The minimum absolute atomic E-state index is 0.00988. The van der Waals surface area contributed by atoms with Crippen LogP contribution in [0.25, 0.3) is 0 Å². The molecule has 0 radical (unpaired) electrons. The van der Waals surface area contributed by atoms with E-state index in [0.29, 0.717) is 0 Å². The highest BCUT2D eigenvalue weighted by molar-refractivity contribution is 5.29. The molecule has 90 valence electrons. The number of nitrogens with two attached hydrogens (primary N) is 1. The molecule has 0 bridgehead atoms. The maximum atomic E-state index is 13.2. The van der Waals surface area contributed by atoms with Crippen LogP contribution in [-0.2, 0) is 6.42 Å². The molecule has 1 aromatic rings. The van der Waals surface area contributed by atoms with Crippen molar-refractivity contribution in [1.82, 2.24) is 0 Å². The monoisotopic (exact) mass is 237 g/mol. The number of rotatable bonds is 3. The zero-order chi connectivity index (χ0) is 12.3. The van der Waals surface area contributed by atoms with Gasteiger partial charge in [0, 0.05) is 0 Å². The summed E-state index contributed by atoms with van der Waals surface area (Å²) in [5.74, 6) is -0.710. The van der Waals surface area contributed by atoms with Gasteiger partial charge in [0.05, 0.1) is 7.11 Å². The van der Waals surface area contributed by atoms with Gasteiger partial charge in [0.15, 0.2) is 11.6 Å². The number of hydrogen-bond acceptors (Lipinski definition) is 2. The number of halogens is 4. The molecule has 0 aliphatic heterocycles. The molecule has 0 aromatic heterocycles. The molecule has 16 heavy (non-hydrogen) atoms. The van der Waals surface area contributed by atoms with E-state index in [2.05, 4.69) is 4.74 Å². The van der Waals surface area contributed by atoms with E-state index in [1.807, 2.05) is 0 Å². The summed E-state index contributed by atoms with van der Waals surface area (Å²) in [4.78, 5) is 0. The van der Waals surface area contributed by atoms with Crippen molar-refractivity contribution in [2.24, 2.45) is 5.73 Å². The molecular weight excluding hydrogens is 226 g/mol. The van der Waals surface area contributed by atoms with Crippen molar-refractivity contribution in [1.29, 1.82) is 0 Å². The third kappa shape index (κ3) is 3.10. The van der Waals surface area contributed by atoms with Crippen LogP contribution in [0.5, 0.6) is 5.75 Å². The normalized spacial score (nSPS) is 13.6. The summed E-state index contributed by atoms with van der Waals surface area (Å²) < 4.78 is 54.2. The van der Waals surface area contributed by atoms with Gasteiger partial charge in [-0.25, -0.2) is 4.39 Å². The molecule has 0 spiro atoms. The first-order chi connectivity index (χ1) is 7.34. The summed E-state index contributed by atoms with van der Waals surface area (Å²) in [6, 6.07) is 1.63. The van der Waals surface area contributed by atoms with Gasteiger partial charge in [0.25, 0.3) is 0 Å². The van der Waals surface area contributed by atoms with Crippen LogP contribution in [0.2, 0.25) is 0 Å². The van der Waals surface area contributed by atoms with Crippen LogP contribution in [0, 0.1) is 5.82 Å². The van der Waals surface area contributed by atoms with Gasteiger partial charge in [0.1, 0.15) is 6.04 Å². The van der Waals surface area contributed by atoms with E-state index in [4.69, 9.17) is 5.73 Å². The molecule has 0 amide bonds. The number of hydrogen-bond donors (Lipinski definition) is 1. The topological polar surface area (TPSA) is 35.2 Å². The standard InChI is InChI=1S/C10H11F4NO/c1-16-8-3-2-6(4-7(8)11)5-9(15)10(12,13)14/h2-4,9H,5,15H2,1H3. The Morgan fingerprint density at radius 1 is 1.38 bits per heavy atom. The quantitative estimate of drug-likeness (QED) is 0.818. The SMILES string of the molecule is COc1ccc(CC(N)C(F)(F)F)cc1F. The summed E-state index contributed by atoms with van der Waals surface area (Å²) in [5, 5.41) is 0. The van der Waals surface area contributed by atoms with Crippen LogP contribution >= 0.6 is 0 Å². The van der Waals surface area contributed by atoms with E-state index in [0.717, 1.165) is 6.07 Å². The zero-order valence-electron chi connectivity index (χ0n) is 8.51. The summed E-state index contributed by atoms with van der Waals surface area (Å²) >= 11 is 0. The molecule has 0 heterocycles. The van der Waals surface area contributed by atoms with E-state index < -0.39 is 24.5 Å². The number of methoxy groups -OCH3 is 1. The summed E-state index contributed by atoms with van der Waals surface area (Å²) in [7, 11) is 1.28. The van der Waals surface area contributed by atoms with Gasteiger partial charge in [0.2, 0.25) is 0 Å². The molecule has 1 rings (SSSR count). The second-order valence-corrected chi connectivity index (χ2v) is 3.32. The largest absolute Gasteiger partial charge is 0.494 e. The van der Waals surface area contributed by atoms with Gasteiger partial charge < -0.3 is 10.5 Å². The number of alkyl halides is 3. The maximum Gasteiger partial charge on any atom is 0.403 e. The third-order valence-electron chi connectivity index (χ3n) is 2.09. The van der Waals surface area contributed by atoms with Crippen LogP contribution < -0.4 is 10.5 Å². The van der Waals surface area contributed by atoms with E-state index in [9.17, 15) is 17.6 Å². The van der Waals surface area contributed by atoms with Gasteiger partial charge in [-0.05, 0) is 24.1 Å². The predicted octanol–water partition coefficient (Wildman–Crippen LogP) is 2.27. The van der Waals surface area contributed by atoms with Gasteiger partial charge in [-0.15, -0.1) is 0 Å². The number of benzene rings is 1. The molecule has 0 fully saturated rings. The highest BCUT2D eigenvalue weighted by atomic mass is 19.4. The lowest BCUT2D eigenvalue weighted by molar-refractivity contribution is -0.147. The van der Waals surface area contributed by atoms with Crippen LogP contribution in [0.1, 0.15) is 5.56 Å². The highest BCUT2D eigenvalue weighted by Crippen LogP contribution is 2.23. The maximum absolute atomic E-state index is 13.2. The predicted molar refractivity (Wildman–Crippen MR) is 50.7 cm³/mol. The fourth-order valence-electron chi connectivity index (χ4n) is 1.21. The molecule has 2 N–H and O–H groups in total. The van der Waals surface area contributed by atoms with Crippen LogP contribution in [0.15, 0.2) is 18.2 Å². The Balaban J connectivity index is 2.79. The summed E-state index contributed by atoms with van der Waals surface area (Å²) in [6.07, 6.45) is -4.93. The first-order valence-electron chi connectivity index (χ1n) is 4.49. The van der Waals surface area contributed by atoms with Gasteiger partial charge >= 0.3 is 6.18 Å². The van der Waals surface area contributed by atoms with Crippen molar-refractivity contribution in [3.8, 4) is 5.75 Å². The molecule has 6 heteroatoms. The Morgan fingerprint density at radius 3 is 2.44 bits per heavy atom. The van der Waals surface area contributed by atoms with Gasteiger partial charge in [-0.1, -0.05) is 6.07 Å². The Labute approximate surface area is 90.0 Å². The van der Waals surface area contributed by atoms with Crippen LogP contribution in [0.3, 0.4) is 0 Å². The van der Waals surface area contributed by atoms with Crippen molar-refractivity contribution < 1.29 is 22.3 Å². The molecule has 0 aliphatic carbocycles. The fraction of sp³-hybridized carbons (Fsp3) is 0.400. The zero-order valence-corrected chi connectivity index (χ0v) is 8.51. The lowest BCUT2D eigenvalue weighted by atomic mass is 10.1. The molecule has 0 aliphatic rings. The lowest BCUT2D eigenvalue weighted by Crippen LogP contribution is -2.39. The molecular formula is C10H11F4NO. The Hall–Kier alpha value is -1.30. The molecule has 0 saturated heterocycles. The molecule has 1 atom stereocenters. The summed E-state index contributed by atoms with van der Waals surface area (Å²) in [6.45, 7) is 0. The smallest absolute Gasteiger partial charge is 0.403 e. The molecule has 0 saturated carbocycles. The highest BCUT2D eigenvalue weighted by Gasteiger charge is 2.36. The minimum Gasteiger partial charge on any atom is -0.494 e. The molecule has 2 nitrogen and oxygen atoms in total.